The van der Waals surface area contributed by atoms with Gasteiger partial charge in [-0.15, -0.1) is 0 Å². The van der Waals surface area contributed by atoms with Gasteiger partial charge in [0.1, 0.15) is 0 Å². The van der Waals surface area contributed by atoms with Crippen molar-refractivity contribution in [2.75, 3.05) is 5.32 Å². The average molecular weight is 297 g/mol. The highest BCUT2D eigenvalue weighted by Crippen LogP contribution is 2.37. The fraction of sp³-hybridized carbons (Fsp3) is 0.200. The third-order valence-corrected chi connectivity index (χ3v) is 3.51. The summed E-state index contributed by atoms with van der Waals surface area (Å²) in [6.07, 6.45) is 0. The van der Waals surface area contributed by atoms with Gasteiger partial charge < -0.3 is 5.32 Å². The maximum Gasteiger partial charge on any atom is 0.446 e. The number of hydrogen-bond acceptors (Lipinski definition) is 2. The first kappa shape index (κ1) is 14.8. The van der Waals surface area contributed by atoms with Gasteiger partial charge in [-0.25, -0.2) is 0 Å². The third-order valence-electron chi connectivity index (χ3n) is 2.77. The molecule has 0 amide bonds. The second-order valence-corrected chi connectivity index (χ2v) is 5.49. The number of hydrogen-bond donors (Lipinski definition) is 1. The summed E-state index contributed by atoms with van der Waals surface area (Å²) in [6, 6.07) is 16.2. The van der Waals surface area contributed by atoms with E-state index in [1.165, 1.54) is 12.1 Å². The van der Waals surface area contributed by atoms with Gasteiger partial charge in [-0.2, -0.15) is 13.2 Å². The van der Waals surface area contributed by atoms with E-state index in [9.17, 15) is 13.2 Å². The molecular formula is C15H14F3NS. The largest absolute Gasteiger partial charge is 0.446 e. The van der Waals surface area contributed by atoms with Crippen molar-refractivity contribution >= 4 is 17.4 Å². The van der Waals surface area contributed by atoms with E-state index in [4.69, 9.17) is 0 Å². The molecule has 0 radical (unpaired) electrons. The Bertz CT molecular complexity index is 537. The van der Waals surface area contributed by atoms with Crippen molar-refractivity contribution in [1.82, 2.24) is 0 Å². The standard InChI is InChI=1S/C15H14F3NS/c1-11(12-5-3-2-4-6-12)19-13-7-9-14(10-8-13)20-15(16,17)18/h2-11,19H,1H3. The first-order chi connectivity index (χ1) is 9.44. The topological polar surface area (TPSA) is 12.0 Å². The molecule has 0 aliphatic carbocycles. The Balaban J connectivity index is 2.00. The molecule has 0 spiro atoms. The van der Waals surface area contributed by atoms with Crippen LogP contribution in [0.1, 0.15) is 18.5 Å². The van der Waals surface area contributed by atoms with Crippen LogP contribution in [0, 0.1) is 0 Å². The predicted octanol–water partition coefficient (Wildman–Crippen LogP) is 5.47. The SMILES string of the molecule is CC(Nc1ccc(SC(F)(F)F)cc1)c1ccccc1. The Hall–Kier alpha value is -1.62. The quantitative estimate of drug-likeness (QED) is 0.751. The monoisotopic (exact) mass is 297 g/mol. The van der Waals surface area contributed by atoms with Crippen LogP contribution in [-0.4, -0.2) is 5.51 Å². The minimum absolute atomic E-state index is 0.0947. The van der Waals surface area contributed by atoms with Crippen LogP contribution < -0.4 is 5.32 Å². The van der Waals surface area contributed by atoms with Crippen molar-refractivity contribution in [3.63, 3.8) is 0 Å². The molecule has 2 aromatic carbocycles. The summed E-state index contributed by atoms with van der Waals surface area (Å²) < 4.78 is 36.7. The molecule has 5 heteroatoms. The van der Waals surface area contributed by atoms with Gasteiger partial charge in [0, 0.05) is 16.6 Å². The van der Waals surface area contributed by atoms with E-state index in [1.54, 1.807) is 12.1 Å². The van der Waals surface area contributed by atoms with Crippen LogP contribution in [0.4, 0.5) is 18.9 Å². The average Bonchev–Trinajstić information content (AvgIpc) is 2.40. The van der Waals surface area contributed by atoms with Crippen molar-refractivity contribution in [3.05, 3.63) is 60.2 Å². The molecule has 1 atom stereocenters. The van der Waals surface area contributed by atoms with Crippen LogP contribution in [-0.2, 0) is 0 Å². The zero-order chi connectivity index (χ0) is 14.6. The summed E-state index contributed by atoms with van der Waals surface area (Å²) in [5.74, 6) is 0. The van der Waals surface area contributed by atoms with Gasteiger partial charge >= 0.3 is 5.51 Å². The van der Waals surface area contributed by atoms with E-state index in [0.717, 1.165) is 11.3 Å². The third kappa shape index (κ3) is 4.49. The van der Waals surface area contributed by atoms with Gasteiger partial charge in [0.15, 0.2) is 0 Å². The van der Waals surface area contributed by atoms with E-state index in [2.05, 4.69) is 5.32 Å². The maximum atomic E-state index is 12.2. The van der Waals surface area contributed by atoms with Crippen LogP contribution >= 0.6 is 11.8 Å². The molecule has 0 fully saturated rings. The molecule has 106 valence electrons. The number of nitrogens with one attached hydrogen (secondary N) is 1. The van der Waals surface area contributed by atoms with Gasteiger partial charge in [-0.3, -0.25) is 0 Å². The van der Waals surface area contributed by atoms with Gasteiger partial charge in [0.25, 0.3) is 0 Å². The lowest BCUT2D eigenvalue weighted by Crippen LogP contribution is -2.06. The Labute approximate surface area is 120 Å². The molecule has 0 aliphatic heterocycles. The van der Waals surface area contributed by atoms with Crippen molar-refractivity contribution in [2.45, 2.75) is 23.4 Å². The van der Waals surface area contributed by atoms with Crippen LogP contribution in [0.5, 0.6) is 0 Å². The zero-order valence-electron chi connectivity index (χ0n) is 10.8. The van der Waals surface area contributed by atoms with Gasteiger partial charge in [0.05, 0.1) is 0 Å². The van der Waals surface area contributed by atoms with Crippen molar-refractivity contribution in [1.29, 1.82) is 0 Å². The maximum absolute atomic E-state index is 12.2. The fourth-order valence-corrected chi connectivity index (χ4v) is 2.37. The summed E-state index contributed by atoms with van der Waals surface area (Å²) in [7, 11) is 0. The lowest BCUT2D eigenvalue weighted by molar-refractivity contribution is -0.0328. The van der Waals surface area contributed by atoms with Crippen molar-refractivity contribution < 1.29 is 13.2 Å². The number of benzene rings is 2. The summed E-state index contributed by atoms with van der Waals surface area (Å²) in [6.45, 7) is 2.01. The van der Waals surface area contributed by atoms with Crippen LogP contribution in [0.15, 0.2) is 59.5 Å². The normalized spacial score (nSPS) is 13.0. The molecule has 1 N–H and O–H groups in total. The highest BCUT2D eigenvalue weighted by molar-refractivity contribution is 8.00. The molecule has 1 nitrogen and oxygen atoms in total. The van der Waals surface area contributed by atoms with Gasteiger partial charge in [-0.05, 0) is 48.5 Å². The molecule has 0 bridgehead atoms. The summed E-state index contributed by atoms with van der Waals surface area (Å²) in [5.41, 5.74) is -2.32. The fourth-order valence-electron chi connectivity index (χ4n) is 1.83. The Morgan fingerprint density at radius 2 is 1.55 bits per heavy atom. The lowest BCUT2D eigenvalue weighted by atomic mass is 10.1. The highest BCUT2D eigenvalue weighted by Gasteiger charge is 2.28. The van der Waals surface area contributed by atoms with Crippen molar-refractivity contribution in [3.8, 4) is 0 Å². The molecule has 0 heterocycles. The van der Waals surface area contributed by atoms with Crippen molar-refractivity contribution in [2.24, 2.45) is 0 Å². The van der Waals surface area contributed by atoms with Gasteiger partial charge in [-0.1, -0.05) is 30.3 Å². The minimum atomic E-state index is -4.24. The van der Waals surface area contributed by atoms with Gasteiger partial charge in [0.2, 0.25) is 0 Å². The lowest BCUT2D eigenvalue weighted by Gasteiger charge is -2.16. The molecule has 0 aromatic heterocycles. The Morgan fingerprint density at radius 3 is 2.10 bits per heavy atom. The molecular weight excluding hydrogens is 283 g/mol. The Morgan fingerprint density at radius 1 is 0.950 bits per heavy atom. The summed E-state index contributed by atoms with van der Waals surface area (Å²) in [4.78, 5) is 0.190. The summed E-state index contributed by atoms with van der Waals surface area (Å²) in [5, 5.41) is 3.26. The van der Waals surface area contributed by atoms with Crippen LogP contribution in [0.2, 0.25) is 0 Å². The van der Waals surface area contributed by atoms with E-state index in [1.807, 2.05) is 37.3 Å². The van der Waals surface area contributed by atoms with E-state index in [-0.39, 0.29) is 22.7 Å². The minimum Gasteiger partial charge on any atom is -0.379 e. The highest BCUT2D eigenvalue weighted by atomic mass is 32.2. The number of alkyl halides is 3. The number of halogens is 3. The first-order valence-electron chi connectivity index (χ1n) is 6.11. The number of anilines is 1. The molecule has 0 saturated carbocycles. The Kier molecular flexibility index (Phi) is 4.60. The predicted molar refractivity (Wildman–Crippen MR) is 76.8 cm³/mol. The molecule has 2 rings (SSSR count). The smallest absolute Gasteiger partial charge is 0.379 e. The van der Waals surface area contributed by atoms with Crippen LogP contribution in [0.25, 0.3) is 0 Å². The zero-order valence-corrected chi connectivity index (χ0v) is 11.6. The van der Waals surface area contributed by atoms with Crippen LogP contribution in [0.3, 0.4) is 0 Å². The van der Waals surface area contributed by atoms with E-state index in [0.29, 0.717) is 0 Å². The molecule has 2 aromatic rings. The molecule has 20 heavy (non-hydrogen) atoms. The molecule has 1 unspecified atom stereocenters. The number of rotatable bonds is 4. The second-order valence-electron chi connectivity index (χ2n) is 4.35. The van der Waals surface area contributed by atoms with E-state index >= 15 is 0 Å². The molecule has 0 saturated heterocycles. The second kappa shape index (κ2) is 6.22. The molecule has 0 aliphatic rings. The van der Waals surface area contributed by atoms with E-state index < -0.39 is 5.51 Å². The first-order valence-corrected chi connectivity index (χ1v) is 6.93. The number of thioether (sulfide) groups is 1. The summed E-state index contributed by atoms with van der Waals surface area (Å²) >= 11 is -0.103.